The largest absolute Gasteiger partial charge is 0.398 e. The highest BCUT2D eigenvalue weighted by atomic mass is 35.5. The molecule has 0 saturated carbocycles. The second-order valence-electron chi connectivity index (χ2n) is 4.89. The summed E-state index contributed by atoms with van der Waals surface area (Å²) in [6.07, 6.45) is 0.743. The first-order valence-corrected chi connectivity index (χ1v) is 8.70. The van der Waals surface area contributed by atoms with Gasteiger partial charge in [-0.2, -0.15) is 0 Å². The molecule has 21 heavy (non-hydrogen) atoms. The number of nitrogens with two attached hydrogens (primary N) is 1. The molecule has 1 aliphatic rings. The summed E-state index contributed by atoms with van der Waals surface area (Å²) >= 11 is 5.77. The fourth-order valence-electron chi connectivity index (χ4n) is 2.18. The summed E-state index contributed by atoms with van der Waals surface area (Å²) in [4.78, 5) is 2.33. The fraction of sp³-hybridized carbons (Fsp3) is 0.538. The van der Waals surface area contributed by atoms with E-state index < -0.39 is 10.0 Å². The maximum Gasteiger partial charge on any atom is 0.242 e. The third-order valence-electron chi connectivity index (χ3n) is 3.31. The minimum atomic E-state index is -3.59. The highest BCUT2D eigenvalue weighted by molar-refractivity contribution is 7.89. The van der Waals surface area contributed by atoms with E-state index in [4.69, 9.17) is 22.1 Å². The van der Waals surface area contributed by atoms with Crippen LogP contribution in [0.2, 0.25) is 5.02 Å². The van der Waals surface area contributed by atoms with Crippen LogP contribution < -0.4 is 10.5 Å². The minimum Gasteiger partial charge on any atom is -0.398 e. The van der Waals surface area contributed by atoms with Gasteiger partial charge in [0.15, 0.2) is 0 Å². The number of nitrogens with one attached hydrogen (secondary N) is 1. The van der Waals surface area contributed by atoms with Gasteiger partial charge in [0.2, 0.25) is 10.0 Å². The molecule has 0 aromatic heterocycles. The highest BCUT2D eigenvalue weighted by Crippen LogP contribution is 2.22. The lowest BCUT2D eigenvalue weighted by molar-refractivity contribution is 0.0376. The quantitative estimate of drug-likeness (QED) is 0.597. The summed E-state index contributed by atoms with van der Waals surface area (Å²) in [7, 11) is -3.59. The Hall–Kier alpha value is -0.860. The minimum absolute atomic E-state index is 0.0678. The number of morpholine rings is 1. The van der Waals surface area contributed by atoms with Crippen LogP contribution in [0.5, 0.6) is 0 Å². The lowest BCUT2D eigenvalue weighted by Crippen LogP contribution is -2.38. The summed E-state index contributed by atoms with van der Waals surface area (Å²) < 4.78 is 32.1. The van der Waals surface area contributed by atoms with E-state index in [2.05, 4.69) is 9.62 Å². The number of sulfonamides is 1. The molecule has 0 unspecified atom stereocenters. The Labute approximate surface area is 130 Å². The molecule has 1 heterocycles. The van der Waals surface area contributed by atoms with Crippen LogP contribution in [0.1, 0.15) is 6.42 Å². The Morgan fingerprint density at radius 3 is 2.71 bits per heavy atom. The second kappa shape index (κ2) is 7.42. The molecule has 8 heteroatoms. The van der Waals surface area contributed by atoms with Gasteiger partial charge in [-0.3, -0.25) is 4.90 Å². The number of ether oxygens (including phenoxy) is 1. The van der Waals surface area contributed by atoms with E-state index in [-0.39, 0.29) is 10.6 Å². The van der Waals surface area contributed by atoms with Gasteiger partial charge in [-0.25, -0.2) is 13.1 Å². The molecule has 1 fully saturated rings. The van der Waals surface area contributed by atoms with Gasteiger partial charge in [-0.05, 0) is 31.2 Å². The van der Waals surface area contributed by atoms with Crippen molar-refractivity contribution in [2.75, 3.05) is 45.1 Å². The first kappa shape index (κ1) is 16.5. The molecule has 0 aliphatic carbocycles. The van der Waals surface area contributed by atoms with Crippen molar-refractivity contribution in [2.24, 2.45) is 0 Å². The number of halogens is 1. The molecule has 0 amide bonds. The molecule has 1 aliphatic heterocycles. The molecular formula is C13H20ClN3O3S. The van der Waals surface area contributed by atoms with E-state index in [1.807, 2.05) is 0 Å². The number of nitrogen functional groups attached to an aromatic ring is 1. The number of hydrogen-bond acceptors (Lipinski definition) is 5. The molecule has 0 radical (unpaired) electrons. The van der Waals surface area contributed by atoms with Crippen molar-refractivity contribution in [3.8, 4) is 0 Å². The Kier molecular flexibility index (Phi) is 5.83. The Morgan fingerprint density at radius 2 is 2.05 bits per heavy atom. The highest BCUT2D eigenvalue weighted by Gasteiger charge is 2.17. The topological polar surface area (TPSA) is 84.7 Å². The summed E-state index contributed by atoms with van der Waals surface area (Å²) in [6.45, 7) is 4.51. The number of nitrogens with zero attached hydrogens (tertiary/aromatic N) is 1. The predicted molar refractivity (Wildman–Crippen MR) is 82.9 cm³/mol. The van der Waals surface area contributed by atoms with Crippen molar-refractivity contribution in [3.63, 3.8) is 0 Å². The number of anilines is 1. The van der Waals surface area contributed by atoms with E-state index in [1.54, 1.807) is 0 Å². The van der Waals surface area contributed by atoms with Gasteiger partial charge in [-0.15, -0.1) is 0 Å². The average Bonchev–Trinajstić information content (AvgIpc) is 2.44. The first-order valence-electron chi connectivity index (χ1n) is 6.84. The molecule has 1 aromatic rings. The number of hydrogen-bond donors (Lipinski definition) is 2. The van der Waals surface area contributed by atoms with Crippen LogP contribution in [0, 0.1) is 0 Å². The molecule has 3 N–H and O–H groups in total. The van der Waals surface area contributed by atoms with Gasteiger partial charge in [0.05, 0.1) is 18.9 Å². The monoisotopic (exact) mass is 333 g/mol. The third kappa shape index (κ3) is 4.82. The molecule has 0 spiro atoms. The smallest absolute Gasteiger partial charge is 0.242 e. The van der Waals surface area contributed by atoms with Crippen molar-refractivity contribution >= 4 is 27.3 Å². The molecular weight excluding hydrogens is 314 g/mol. The molecule has 1 aromatic carbocycles. The van der Waals surface area contributed by atoms with Gasteiger partial charge >= 0.3 is 0 Å². The lowest BCUT2D eigenvalue weighted by atomic mass is 10.3. The van der Waals surface area contributed by atoms with Crippen LogP contribution in [0.3, 0.4) is 0 Å². The van der Waals surface area contributed by atoms with E-state index in [9.17, 15) is 8.42 Å². The van der Waals surface area contributed by atoms with Crippen molar-refractivity contribution in [3.05, 3.63) is 23.2 Å². The zero-order valence-corrected chi connectivity index (χ0v) is 13.3. The maximum absolute atomic E-state index is 12.1. The molecule has 0 bridgehead atoms. The Balaban J connectivity index is 1.83. The van der Waals surface area contributed by atoms with Crippen molar-refractivity contribution < 1.29 is 13.2 Å². The predicted octanol–water partition coefficient (Wildman–Crippen LogP) is 0.923. The average molecular weight is 334 g/mol. The van der Waals surface area contributed by atoms with Crippen LogP contribution in [0.4, 0.5) is 5.69 Å². The molecule has 6 nitrogen and oxygen atoms in total. The van der Waals surface area contributed by atoms with Crippen molar-refractivity contribution in [2.45, 2.75) is 11.3 Å². The van der Waals surface area contributed by atoms with Gasteiger partial charge in [0, 0.05) is 24.7 Å². The Morgan fingerprint density at radius 1 is 1.33 bits per heavy atom. The van der Waals surface area contributed by atoms with Gasteiger partial charge in [-0.1, -0.05) is 11.6 Å². The SMILES string of the molecule is Nc1cc(Cl)ccc1S(=O)(=O)NCCCN1CCOCC1. The van der Waals surface area contributed by atoms with Crippen LogP contribution in [0.25, 0.3) is 0 Å². The van der Waals surface area contributed by atoms with Crippen LogP contribution in [0.15, 0.2) is 23.1 Å². The summed E-state index contributed by atoms with van der Waals surface area (Å²) in [5.74, 6) is 0. The van der Waals surface area contributed by atoms with Crippen LogP contribution >= 0.6 is 11.6 Å². The van der Waals surface area contributed by atoms with Gasteiger partial charge in [0.1, 0.15) is 4.90 Å². The third-order valence-corrected chi connectivity index (χ3v) is 5.08. The van der Waals surface area contributed by atoms with Crippen molar-refractivity contribution in [1.82, 2.24) is 9.62 Å². The summed E-state index contributed by atoms with van der Waals surface area (Å²) in [5.41, 5.74) is 5.86. The van der Waals surface area contributed by atoms with Gasteiger partial charge in [0.25, 0.3) is 0 Å². The van der Waals surface area contributed by atoms with Crippen molar-refractivity contribution in [1.29, 1.82) is 0 Å². The molecule has 1 saturated heterocycles. The molecule has 0 atom stereocenters. The first-order chi connectivity index (χ1) is 9.99. The summed E-state index contributed by atoms with van der Waals surface area (Å²) in [5, 5.41) is 0.416. The van der Waals surface area contributed by atoms with Crippen LogP contribution in [-0.4, -0.2) is 52.7 Å². The molecule has 118 valence electrons. The van der Waals surface area contributed by atoms with Gasteiger partial charge < -0.3 is 10.5 Å². The Bertz CT molecular complexity index is 574. The number of rotatable bonds is 6. The zero-order valence-electron chi connectivity index (χ0n) is 11.7. The second-order valence-corrected chi connectivity index (χ2v) is 7.06. The number of benzene rings is 1. The lowest BCUT2D eigenvalue weighted by Gasteiger charge is -2.26. The maximum atomic E-state index is 12.1. The molecule has 2 rings (SSSR count). The normalized spacial score (nSPS) is 17.0. The van der Waals surface area contributed by atoms with E-state index >= 15 is 0 Å². The van der Waals surface area contributed by atoms with Crippen LogP contribution in [-0.2, 0) is 14.8 Å². The van der Waals surface area contributed by atoms with E-state index in [0.717, 1.165) is 39.3 Å². The van der Waals surface area contributed by atoms with E-state index in [0.29, 0.717) is 11.6 Å². The zero-order chi connectivity index (χ0) is 15.3. The summed E-state index contributed by atoms with van der Waals surface area (Å²) in [6, 6.07) is 4.37. The van der Waals surface area contributed by atoms with E-state index in [1.165, 1.54) is 18.2 Å². The standard InChI is InChI=1S/C13H20ClN3O3S/c14-11-2-3-13(12(15)10-11)21(18,19)16-4-1-5-17-6-8-20-9-7-17/h2-3,10,16H,1,4-9,15H2. The fourth-order valence-corrected chi connectivity index (χ4v) is 3.54.